The predicted molar refractivity (Wildman–Crippen MR) is 132 cm³/mol. The summed E-state index contributed by atoms with van der Waals surface area (Å²) in [7, 11) is 4.68. The zero-order valence-electron chi connectivity index (χ0n) is 18.2. The molecule has 168 valence electrons. The van der Waals surface area contributed by atoms with Crippen molar-refractivity contribution in [3.05, 3.63) is 59.7 Å². The Hall–Kier alpha value is -2.49. The van der Waals surface area contributed by atoms with Crippen molar-refractivity contribution in [3.8, 4) is 11.5 Å². The molecule has 0 bridgehead atoms. The first-order chi connectivity index (χ1) is 14.6. The topological polar surface area (TPSA) is 72.4 Å². The molecule has 2 aromatic carbocycles. The molecule has 1 aliphatic heterocycles. The lowest BCUT2D eigenvalue weighted by molar-refractivity contribution is 0.0597. The minimum absolute atomic E-state index is 0. The van der Waals surface area contributed by atoms with Gasteiger partial charge in [0.15, 0.2) is 5.96 Å². The molecule has 8 heteroatoms. The molecular weight excluding hydrogens is 509 g/mol. The van der Waals surface area contributed by atoms with Gasteiger partial charge in [-0.15, -0.1) is 24.0 Å². The zero-order chi connectivity index (χ0) is 21.3. The van der Waals surface area contributed by atoms with Crippen LogP contribution in [0.15, 0.2) is 53.5 Å². The number of aliphatic imine (C=N–C) groups is 1. The van der Waals surface area contributed by atoms with Gasteiger partial charge in [-0.3, -0.25) is 4.99 Å². The number of carbonyl (C=O) groups excluding carboxylic acids is 1. The first-order valence-corrected chi connectivity index (χ1v) is 10.1. The van der Waals surface area contributed by atoms with Gasteiger partial charge in [0, 0.05) is 39.5 Å². The molecule has 0 aromatic heterocycles. The Labute approximate surface area is 200 Å². The Morgan fingerprint density at radius 1 is 1.13 bits per heavy atom. The van der Waals surface area contributed by atoms with Gasteiger partial charge in [0.2, 0.25) is 0 Å². The first kappa shape index (κ1) is 24.8. The second-order valence-electron chi connectivity index (χ2n) is 7.04. The Morgan fingerprint density at radius 2 is 1.84 bits per heavy atom. The van der Waals surface area contributed by atoms with Gasteiger partial charge in [0.05, 0.1) is 14.2 Å². The lowest BCUT2D eigenvalue weighted by Gasteiger charge is -2.34. The first-order valence-electron chi connectivity index (χ1n) is 10.1. The van der Waals surface area contributed by atoms with Gasteiger partial charge in [-0.2, -0.15) is 0 Å². The highest BCUT2D eigenvalue weighted by atomic mass is 127. The molecule has 0 aliphatic carbocycles. The number of para-hydroxylation sites is 1. The molecule has 1 fully saturated rings. The number of nitrogens with zero attached hydrogens (tertiary/aromatic N) is 2. The molecule has 1 aliphatic rings. The summed E-state index contributed by atoms with van der Waals surface area (Å²) < 4.78 is 16.2. The van der Waals surface area contributed by atoms with Crippen molar-refractivity contribution < 1.29 is 19.0 Å². The molecule has 0 radical (unpaired) electrons. The fourth-order valence-electron chi connectivity index (χ4n) is 3.52. The molecule has 1 saturated heterocycles. The minimum Gasteiger partial charge on any atom is -0.496 e. The van der Waals surface area contributed by atoms with Gasteiger partial charge in [0.25, 0.3) is 0 Å². The highest BCUT2D eigenvalue weighted by Crippen LogP contribution is 2.21. The van der Waals surface area contributed by atoms with Crippen LogP contribution in [0, 0.1) is 0 Å². The van der Waals surface area contributed by atoms with E-state index in [0.29, 0.717) is 17.9 Å². The monoisotopic (exact) mass is 539 g/mol. The van der Waals surface area contributed by atoms with Crippen LogP contribution in [-0.4, -0.2) is 57.3 Å². The highest BCUT2D eigenvalue weighted by Gasteiger charge is 2.23. The normalized spacial score (nSPS) is 14.4. The van der Waals surface area contributed by atoms with Gasteiger partial charge >= 0.3 is 5.97 Å². The van der Waals surface area contributed by atoms with Crippen LogP contribution in [0.5, 0.6) is 11.5 Å². The van der Waals surface area contributed by atoms with Crippen molar-refractivity contribution in [2.75, 3.05) is 34.4 Å². The Kier molecular flexibility index (Phi) is 9.90. The Morgan fingerprint density at radius 3 is 2.45 bits per heavy atom. The van der Waals surface area contributed by atoms with Crippen molar-refractivity contribution in [2.24, 2.45) is 4.99 Å². The third kappa shape index (κ3) is 6.75. The molecule has 1 heterocycles. The molecule has 3 rings (SSSR count). The van der Waals surface area contributed by atoms with Gasteiger partial charge in [-0.1, -0.05) is 24.3 Å². The minimum atomic E-state index is -0.418. The zero-order valence-corrected chi connectivity index (χ0v) is 20.5. The Bertz CT molecular complexity index is 868. The molecule has 0 saturated carbocycles. The number of ether oxygens (including phenoxy) is 3. The van der Waals surface area contributed by atoms with E-state index >= 15 is 0 Å². The second kappa shape index (κ2) is 12.4. The van der Waals surface area contributed by atoms with Crippen molar-refractivity contribution in [2.45, 2.75) is 25.5 Å². The number of rotatable bonds is 6. The summed E-state index contributed by atoms with van der Waals surface area (Å²) in [5.74, 6) is 1.83. The number of likely N-dealkylation sites (tertiary alicyclic amines) is 1. The third-order valence-corrected chi connectivity index (χ3v) is 5.12. The second-order valence-corrected chi connectivity index (χ2v) is 7.04. The van der Waals surface area contributed by atoms with Crippen LogP contribution in [-0.2, 0) is 11.3 Å². The fourth-order valence-corrected chi connectivity index (χ4v) is 3.52. The van der Waals surface area contributed by atoms with E-state index in [2.05, 4.69) is 15.2 Å². The summed E-state index contributed by atoms with van der Waals surface area (Å²) in [6.45, 7) is 2.28. The van der Waals surface area contributed by atoms with E-state index in [9.17, 15) is 4.79 Å². The molecule has 7 nitrogen and oxygen atoms in total. The van der Waals surface area contributed by atoms with E-state index in [-0.39, 0.29) is 30.1 Å². The van der Waals surface area contributed by atoms with E-state index in [0.717, 1.165) is 43.2 Å². The number of benzene rings is 2. The van der Waals surface area contributed by atoms with E-state index in [1.807, 2.05) is 36.4 Å². The van der Waals surface area contributed by atoms with Crippen LogP contribution in [0.25, 0.3) is 0 Å². The maximum atomic E-state index is 12.0. The van der Waals surface area contributed by atoms with Crippen LogP contribution >= 0.6 is 24.0 Å². The summed E-state index contributed by atoms with van der Waals surface area (Å²) in [5.41, 5.74) is 1.35. The van der Waals surface area contributed by atoms with Gasteiger partial charge in [-0.25, -0.2) is 4.79 Å². The number of guanidine groups is 1. The third-order valence-electron chi connectivity index (χ3n) is 5.12. The highest BCUT2D eigenvalue weighted by molar-refractivity contribution is 14.0. The number of piperidine rings is 1. The van der Waals surface area contributed by atoms with Crippen LogP contribution in [0.2, 0.25) is 0 Å². The number of hydrogen-bond acceptors (Lipinski definition) is 5. The largest absolute Gasteiger partial charge is 0.496 e. The smallest absolute Gasteiger partial charge is 0.341 e. The number of methoxy groups -OCH3 is 2. The molecular formula is C23H30IN3O4. The predicted octanol–water partition coefficient (Wildman–Crippen LogP) is 3.72. The maximum Gasteiger partial charge on any atom is 0.341 e. The average molecular weight is 539 g/mol. The van der Waals surface area contributed by atoms with E-state index in [1.165, 1.54) is 14.2 Å². The summed E-state index contributed by atoms with van der Waals surface area (Å²) in [5, 5.41) is 3.38. The van der Waals surface area contributed by atoms with Crippen LogP contribution in [0.3, 0.4) is 0 Å². The van der Waals surface area contributed by atoms with Crippen molar-refractivity contribution in [1.29, 1.82) is 0 Å². The summed E-state index contributed by atoms with van der Waals surface area (Å²) in [4.78, 5) is 18.6. The van der Waals surface area contributed by atoms with Crippen molar-refractivity contribution in [1.82, 2.24) is 10.2 Å². The number of halogens is 1. The Balaban J connectivity index is 0.00000341. The quantitative estimate of drug-likeness (QED) is 0.261. The molecule has 31 heavy (non-hydrogen) atoms. The molecule has 0 unspecified atom stereocenters. The van der Waals surface area contributed by atoms with Crippen LogP contribution in [0.1, 0.15) is 28.8 Å². The van der Waals surface area contributed by atoms with Crippen LogP contribution < -0.4 is 14.8 Å². The van der Waals surface area contributed by atoms with E-state index in [1.54, 1.807) is 19.2 Å². The van der Waals surface area contributed by atoms with Crippen molar-refractivity contribution >= 4 is 35.9 Å². The SMILES string of the molecule is CN=C(NCc1ccc(OC)c(C(=O)OC)c1)N1CCC(Oc2ccccc2)CC1.I. The standard InChI is InChI=1S/C23H29N3O4.HI/c1-24-23(25-16-17-9-10-21(28-2)20(15-17)22(27)29-3)26-13-11-19(12-14-26)30-18-7-5-4-6-8-18;/h4-10,15,19H,11-14,16H2,1-3H3,(H,24,25);1H. The fraction of sp³-hybridized carbons (Fsp3) is 0.391. The lowest BCUT2D eigenvalue weighted by Crippen LogP contribution is -2.47. The average Bonchev–Trinajstić information content (AvgIpc) is 2.80. The van der Waals surface area contributed by atoms with E-state index < -0.39 is 5.97 Å². The number of hydrogen-bond donors (Lipinski definition) is 1. The molecule has 2 aromatic rings. The van der Waals surface area contributed by atoms with Gasteiger partial charge in [0.1, 0.15) is 23.2 Å². The van der Waals surface area contributed by atoms with Crippen LogP contribution in [0.4, 0.5) is 0 Å². The van der Waals surface area contributed by atoms with E-state index in [4.69, 9.17) is 14.2 Å². The molecule has 1 N–H and O–H groups in total. The number of carbonyl (C=O) groups is 1. The number of esters is 1. The molecule has 0 spiro atoms. The summed E-state index contributed by atoms with van der Waals surface area (Å²) in [6, 6.07) is 15.4. The maximum absolute atomic E-state index is 12.0. The summed E-state index contributed by atoms with van der Waals surface area (Å²) in [6.07, 6.45) is 2.08. The van der Waals surface area contributed by atoms with Gasteiger partial charge < -0.3 is 24.4 Å². The number of nitrogens with one attached hydrogen (secondary N) is 1. The molecule has 0 amide bonds. The lowest BCUT2D eigenvalue weighted by atomic mass is 10.1. The van der Waals surface area contributed by atoms with Crippen molar-refractivity contribution in [3.63, 3.8) is 0 Å². The summed E-state index contributed by atoms with van der Waals surface area (Å²) >= 11 is 0. The molecule has 0 atom stereocenters. The van der Waals surface area contributed by atoms with Gasteiger partial charge in [-0.05, 0) is 29.8 Å².